The molecule has 3 N–H and O–H groups in total. The topological polar surface area (TPSA) is 95.5 Å². The molecular formula is C18H20N2O4. The lowest BCUT2D eigenvalue weighted by molar-refractivity contribution is -0.146. The highest BCUT2D eigenvalue weighted by Crippen LogP contribution is 2.48. The van der Waals surface area contributed by atoms with Gasteiger partial charge in [0.15, 0.2) is 0 Å². The number of hydrogen-bond donors (Lipinski definition) is 3. The first-order chi connectivity index (χ1) is 11.5. The fourth-order valence-electron chi connectivity index (χ4n) is 3.71. The van der Waals surface area contributed by atoms with E-state index < -0.39 is 17.8 Å². The molecule has 2 aliphatic carbocycles. The van der Waals surface area contributed by atoms with Crippen LogP contribution >= 0.6 is 0 Å². The van der Waals surface area contributed by atoms with Gasteiger partial charge in [-0.2, -0.15) is 0 Å². The van der Waals surface area contributed by atoms with Gasteiger partial charge in [0.25, 0.3) is 5.91 Å². The highest BCUT2D eigenvalue weighted by molar-refractivity contribution is 5.98. The summed E-state index contributed by atoms with van der Waals surface area (Å²) in [5.74, 6) is -2.62. The third kappa shape index (κ3) is 2.91. The molecule has 1 aromatic rings. The first-order valence-electron chi connectivity index (χ1n) is 8.11. The van der Waals surface area contributed by atoms with Crippen molar-refractivity contribution in [3.05, 3.63) is 42.0 Å². The largest absolute Gasteiger partial charge is 0.481 e. The third-order valence-electron chi connectivity index (χ3n) is 4.80. The van der Waals surface area contributed by atoms with Gasteiger partial charge in [0.1, 0.15) is 0 Å². The minimum Gasteiger partial charge on any atom is -0.481 e. The van der Waals surface area contributed by atoms with E-state index in [1.165, 1.54) is 0 Å². The Balaban J connectivity index is 1.70. The molecule has 2 bridgehead atoms. The van der Waals surface area contributed by atoms with Gasteiger partial charge in [0, 0.05) is 17.8 Å². The molecular weight excluding hydrogens is 308 g/mol. The van der Waals surface area contributed by atoms with Gasteiger partial charge in [-0.15, -0.1) is 0 Å². The van der Waals surface area contributed by atoms with Crippen LogP contribution in [0.4, 0.5) is 5.69 Å². The summed E-state index contributed by atoms with van der Waals surface area (Å²) in [5.41, 5.74) is 1.07. The van der Waals surface area contributed by atoms with E-state index in [0.29, 0.717) is 17.8 Å². The maximum absolute atomic E-state index is 12.6. The highest BCUT2D eigenvalue weighted by atomic mass is 16.4. The summed E-state index contributed by atoms with van der Waals surface area (Å²) in [6.45, 7) is 2.39. The van der Waals surface area contributed by atoms with Crippen molar-refractivity contribution in [3.8, 4) is 0 Å². The molecule has 4 unspecified atom stereocenters. The number of fused-ring (bicyclic) bond motifs is 2. The number of rotatable bonds is 5. The number of allylic oxidation sites excluding steroid dienone is 2. The van der Waals surface area contributed by atoms with E-state index in [0.717, 1.165) is 6.42 Å². The zero-order chi connectivity index (χ0) is 17.3. The molecule has 0 aliphatic heterocycles. The summed E-state index contributed by atoms with van der Waals surface area (Å²) in [6.07, 6.45) is 4.59. The predicted molar refractivity (Wildman–Crippen MR) is 88.4 cm³/mol. The molecule has 0 saturated heterocycles. The van der Waals surface area contributed by atoms with Crippen LogP contribution in [-0.4, -0.2) is 29.4 Å². The van der Waals surface area contributed by atoms with E-state index >= 15 is 0 Å². The van der Waals surface area contributed by atoms with Gasteiger partial charge in [-0.1, -0.05) is 12.2 Å². The fraction of sp³-hybridized carbons (Fsp3) is 0.389. The summed E-state index contributed by atoms with van der Waals surface area (Å²) in [6, 6.07) is 6.58. The van der Waals surface area contributed by atoms with Crippen LogP contribution in [0.5, 0.6) is 0 Å². The molecule has 4 atom stereocenters. The summed E-state index contributed by atoms with van der Waals surface area (Å²) in [7, 11) is 0. The van der Waals surface area contributed by atoms with Gasteiger partial charge >= 0.3 is 5.97 Å². The second-order valence-electron chi connectivity index (χ2n) is 6.26. The standard InChI is InChI=1S/C18H20N2O4/c1-2-19-16(21)10-5-7-13(8-6-10)20-17(22)14-11-3-4-12(9-11)15(14)18(23)24/h3-8,11-12,14-15H,2,9H2,1H3,(H,19,21)(H,20,22)(H,23,24). The molecule has 0 heterocycles. The molecule has 1 aromatic carbocycles. The van der Waals surface area contributed by atoms with Crippen molar-refractivity contribution in [3.63, 3.8) is 0 Å². The van der Waals surface area contributed by atoms with Gasteiger partial charge in [-0.3, -0.25) is 14.4 Å². The van der Waals surface area contributed by atoms with E-state index in [4.69, 9.17) is 0 Å². The van der Waals surface area contributed by atoms with Gasteiger partial charge < -0.3 is 15.7 Å². The van der Waals surface area contributed by atoms with Crippen LogP contribution in [-0.2, 0) is 9.59 Å². The van der Waals surface area contributed by atoms with Gasteiger partial charge in [-0.25, -0.2) is 0 Å². The molecule has 6 nitrogen and oxygen atoms in total. The van der Waals surface area contributed by atoms with Crippen molar-refractivity contribution in [2.75, 3.05) is 11.9 Å². The number of anilines is 1. The Morgan fingerprint density at radius 2 is 1.71 bits per heavy atom. The number of benzene rings is 1. The SMILES string of the molecule is CCNC(=O)c1ccc(NC(=O)C2C3C=CC(C3)C2C(=O)O)cc1. The van der Waals surface area contributed by atoms with Crippen LogP contribution in [0, 0.1) is 23.7 Å². The number of carbonyl (C=O) groups is 3. The maximum Gasteiger partial charge on any atom is 0.307 e. The molecule has 1 fully saturated rings. The first-order valence-corrected chi connectivity index (χ1v) is 8.11. The van der Waals surface area contributed by atoms with E-state index in [9.17, 15) is 19.5 Å². The smallest absolute Gasteiger partial charge is 0.307 e. The molecule has 2 aliphatic rings. The number of carboxylic acid groups (broad SMARTS) is 1. The molecule has 24 heavy (non-hydrogen) atoms. The van der Waals surface area contributed by atoms with Crippen LogP contribution < -0.4 is 10.6 Å². The Morgan fingerprint density at radius 3 is 2.29 bits per heavy atom. The third-order valence-corrected chi connectivity index (χ3v) is 4.80. The maximum atomic E-state index is 12.6. The molecule has 0 aromatic heterocycles. The quantitative estimate of drug-likeness (QED) is 0.719. The summed E-state index contributed by atoms with van der Waals surface area (Å²) in [4.78, 5) is 35.8. The van der Waals surface area contributed by atoms with Crippen molar-refractivity contribution in [2.45, 2.75) is 13.3 Å². The summed E-state index contributed by atoms with van der Waals surface area (Å²) >= 11 is 0. The van der Waals surface area contributed by atoms with E-state index in [1.807, 2.05) is 19.1 Å². The van der Waals surface area contributed by atoms with Crippen molar-refractivity contribution >= 4 is 23.5 Å². The van der Waals surface area contributed by atoms with E-state index in [1.54, 1.807) is 24.3 Å². The lowest BCUT2D eigenvalue weighted by atomic mass is 9.82. The predicted octanol–water partition coefficient (Wildman–Crippen LogP) is 1.90. The van der Waals surface area contributed by atoms with Crippen molar-refractivity contribution < 1.29 is 19.5 Å². The van der Waals surface area contributed by atoms with Crippen LogP contribution in [0.3, 0.4) is 0 Å². The monoisotopic (exact) mass is 328 g/mol. The zero-order valence-corrected chi connectivity index (χ0v) is 13.4. The second-order valence-corrected chi connectivity index (χ2v) is 6.26. The highest BCUT2D eigenvalue weighted by Gasteiger charge is 2.51. The molecule has 0 radical (unpaired) electrons. The van der Waals surface area contributed by atoms with Crippen LogP contribution in [0.1, 0.15) is 23.7 Å². The van der Waals surface area contributed by atoms with Crippen molar-refractivity contribution in [1.82, 2.24) is 5.32 Å². The average molecular weight is 328 g/mol. The number of hydrogen-bond acceptors (Lipinski definition) is 3. The Labute approximate surface area is 139 Å². The lowest BCUT2D eigenvalue weighted by Crippen LogP contribution is -2.36. The molecule has 2 amide bonds. The Hall–Kier alpha value is -2.63. The fourth-order valence-corrected chi connectivity index (χ4v) is 3.71. The number of aliphatic carboxylic acids is 1. The van der Waals surface area contributed by atoms with Crippen LogP contribution in [0.2, 0.25) is 0 Å². The van der Waals surface area contributed by atoms with Crippen molar-refractivity contribution in [2.24, 2.45) is 23.7 Å². The number of nitrogens with one attached hydrogen (secondary N) is 2. The molecule has 0 spiro atoms. The lowest BCUT2D eigenvalue weighted by Gasteiger charge is -2.23. The number of amides is 2. The number of carboxylic acids is 1. The van der Waals surface area contributed by atoms with Crippen LogP contribution in [0.15, 0.2) is 36.4 Å². The summed E-state index contributed by atoms with van der Waals surface area (Å²) < 4.78 is 0. The van der Waals surface area contributed by atoms with Crippen molar-refractivity contribution in [1.29, 1.82) is 0 Å². The average Bonchev–Trinajstić information content (AvgIpc) is 3.16. The molecule has 1 saturated carbocycles. The minimum absolute atomic E-state index is 0.00861. The first kappa shape index (κ1) is 16.2. The Kier molecular flexibility index (Phi) is 4.38. The Morgan fingerprint density at radius 1 is 1.08 bits per heavy atom. The van der Waals surface area contributed by atoms with Gasteiger partial charge in [0.2, 0.25) is 5.91 Å². The summed E-state index contributed by atoms with van der Waals surface area (Å²) in [5, 5.41) is 14.9. The van der Waals surface area contributed by atoms with E-state index in [-0.39, 0.29) is 23.7 Å². The van der Waals surface area contributed by atoms with Gasteiger partial charge in [0.05, 0.1) is 11.8 Å². The normalized spacial score (nSPS) is 27.0. The Bertz CT molecular complexity index is 695. The number of carbonyl (C=O) groups excluding carboxylic acids is 2. The van der Waals surface area contributed by atoms with Gasteiger partial charge in [-0.05, 0) is 49.4 Å². The van der Waals surface area contributed by atoms with E-state index in [2.05, 4.69) is 10.6 Å². The van der Waals surface area contributed by atoms with Crippen LogP contribution in [0.25, 0.3) is 0 Å². The molecule has 6 heteroatoms. The molecule has 3 rings (SSSR count). The molecule has 126 valence electrons. The minimum atomic E-state index is -0.918. The zero-order valence-electron chi connectivity index (χ0n) is 13.4. The second kappa shape index (κ2) is 6.47.